The van der Waals surface area contributed by atoms with E-state index in [0.717, 1.165) is 0 Å². The Morgan fingerprint density at radius 3 is 3.00 bits per heavy atom. The molecule has 7 heteroatoms. The first-order valence-corrected chi connectivity index (χ1v) is 4.56. The lowest BCUT2D eigenvalue weighted by molar-refractivity contribution is 0.0663. The monoisotopic (exact) mass is 222 g/mol. The Bertz CT molecular complexity index is 502. The molecule has 0 atom stereocenters. The van der Waals surface area contributed by atoms with Gasteiger partial charge in [0.05, 0.1) is 6.54 Å². The van der Waals surface area contributed by atoms with Crippen LogP contribution >= 0.6 is 0 Å². The molecular weight excluding hydrogens is 212 g/mol. The van der Waals surface area contributed by atoms with Crippen molar-refractivity contribution in [2.24, 2.45) is 7.05 Å². The Morgan fingerprint density at radius 1 is 1.62 bits per heavy atom. The predicted octanol–water partition coefficient (Wildman–Crippen LogP) is 0.718. The van der Waals surface area contributed by atoms with Crippen LogP contribution in [0.15, 0.2) is 22.9 Å². The van der Waals surface area contributed by atoms with E-state index in [4.69, 9.17) is 9.52 Å². The summed E-state index contributed by atoms with van der Waals surface area (Å²) in [6.45, 7) is 0.382. The molecule has 0 aliphatic carbocycles. The van der Waals surface area contributed by atoms with Crippen LogP contribution in [0.25, 0.3) is 0 Å². The van der Waals surface area contributed by atoms with Crippen LogP contribution in [0.2, 0.25) is 0 Å². The molecule has 2 heterocycles. The number of nitrogens with one attached hydrogen (secondary N) is 1. The topological polar surface area (TPSA) is 93.2 Å². The first kappa shape index (κ1) is 10.2. The van der Waals surface area contributed by atoms with Gasteiger partial charge in [-0.25, -0.2) is 9.78 Å². The van der Waals surface area contributed by atoms with Gasteiger partial charge in [0.1, 0.15) is 6.33 Å². The predicted molar refractivity (Wildman–Crippen MR) is 54.0 cm³/mol. The van der Waals surface area contributed by atoms with E-state index in [1.54, 1.807) is 24.1 Å². The van der Waals surface area contributed by atoms with Gasteiger partial charge in [0.25, 0.3) is 0 Å². The van der Waals surface area contributed by atoms with Crippen molar-refractivity contribution in [1.82, 2.24) is 14.8 Å². The third-order valence-electron chi connectivity index (χ3n) is 1.88. The number of furan rings is 1. The van der Waals surface area contributed by atoms with E-state index >= 15 is 0 Å². The molecule has 0 amide bonds. The van der Waals surface area contributed by atoms with Crippen molar-refractivity contribution in [3.63, 3.8) is 0 Å². The van der Waals surface area contributed by atoms with Crippen LogP contribution in [0, 0.1) is 0 Å². The number of carboxylic acids is 1. The number of nitrogens with zero attached hydrogens (tertiary/aromatic N) is 3. The van der Waals surface area contributed by atoms with Crippen LogP contribution in [-0.2, 0) is 13.6 Å². The van der Waals surface area contributed by atoms with Crippen LogP contribution in [0.1, 0.15) is 16.4 Å². The molecule has 2 N–H and O–H groups in total. The average molecular weight is 222 g/mol. The summed E-state index contributed by atoms with van der Waals surface area (Å²) in [7, 11) is 1.77. The summed E-state index contributed by atoms with van der Waals surface area (Å²) in [4.78, 5) is 14.5. The second kappa shape index (κ2) is 4.05. The van der Waals surface area contributed by atoms with E-state index in [-0.39, 0.29) is 5.76 Å². The van der Waals surface area contributed by atoms with E-state index in [2.05, 4.69) is 15.4 Å². The van der Waals surface area contributed by atoms with Gasteiger partial charge in [-0.05, 0) is 6.07 Å². The van der Waals surface area contributed by atoms with Crippen LogP contribution < -0.4 is 5.32 Å². The fourth-order valence-electron chi connectivity index (χ4n) is 1.18. The summed E-state index contributed by atoms with van der Waals surface area (Å²) in [6.07, 6.45) is 1.59. The van der Waals surface area contributed by atoms with Gasteiger partial charge in [-0.15, -0.1) is 0 Å². The minimum atomic E-state index is -1.09. The van der Waals surface area contributed by atoms with E-state index in [9.17, 15) is 4.79 Å². The third kappa shape index (κ3) is 2.19. The zero-order valence-corrected chi connectivity index (χ0v) is 8.54. The van der Waals surface area contributed by atoms with E-state index in [1.807, 2.05) is 0 Å². The van der Waals surface area contributed by atoms with E-state index in [0.29, 0.717) is 18.3 Å². The van der Waals surface area contributed by atoms with Crippen molar-refractivity contribution in [3.05, 3.63) is 30.0 Å². The molecular formula is C9H10N4O3. The summed E-state index contributed by atoms with van der Waals surface area (Å²) in [5, 5.41) is 15.6. The maximum Gasteiger partial charge on any atom is 0.371 e. The number of rotatable bonds is 4. The van der Waals surface area contributed by atoms with Crippen LogP contribution in [0.4, 0.5) is 5.88 Å². The van der Waals surface area contributed by atoms with Crippen LogP contribution in [0.5, 0.6) is 0 Å². The van der Waals surface area contributed by atoms with Crippen LogP contribution in [0.3, 0.4) is 0 Å². The number of hydrogen-bond donors (Lipinski definition) is 2. The van der Waals surface area contributed by atoms with E-state index < -0.39 is 5.97 Å². The smallest absolute Gasteiger partial charge is 0.371 e. The third-order valence-corrected chi connectivity index (χ3v) is 1.88. The molecule has 0 saturated carbocycles. The number of carbonyl (C=O) groups is 1. The normalized spacial score (nSPS) is 10.3. The number of aromatic nitrogens is 3. The molecule has 2 rings (SSSR count). The molecule has 0 saturated heterocycles. The number of hydrogen-bond acceptors (Lipinski definition) is 5. The SMILES string of the molecule is Cn1cnc(CNc2ccc(C(=O)O)o2)n1. The first-order chi connectivity index (χ1) is 7.65. The second-order valence-electron chi connectivity index (χ2n) is 3.16. The number of carboxylic acid groups (broad SMARTS) is 1. The van der Waals surface area contributed by atoms with Crippen LogP contribution in [-0.4, -0.2) is 25.8 Å². The summed E-state index contributed by atoms with van der Waals surface area (Å²) in [5.74, 6) is -0.207. The Labute approximate surface area is 90.7 Å². The van der Waals surface area contributed by atoms with Gasteiger partial charge >= 0.3 is 5.97 Å². The molecule has 0 bridgehead atoms. The van der Waals surface area contributed by atoms with Crippen molar-refractivity contribution in [2.75, 3.05) is 5.32 Å². The van der Waals surface area contributed by atoms with Gasteiger partial charge in [0, 0.05) is 13.1 Å². The standard InChI is InChI=1S/C9H10N4O3/c1-13-5-11-7(12-13)4-10-8-3-2-6(16-8)9(14)15/h2-3,5,10H,4H2,1H3,(H,14,15). The van der Waals surface area contributed by atoms with E-state index in [1.165, 1.54) is 6.07 Å². The number of aryl methyl sites for hydroxylation is 1. The molecule has 0 spiro atoms. The van der Waals surface area contributed by atoms with Crippen molar-refractivity contribution in [1.29, 1.82) is 0 Å². The average Bonchev–Trinajstić information content (AvgIpc) is 2.83. The molecule has 0 aromatic carbocycles. The number of aromatic carboxylic acids is 1. The number of anilines is 1. The molecule has 0 aliphatic rings. The molecule has 16 heavy (non-hydrogen) atoms. The quantitative estimate of drug-likeness (QED) is 0.791. The minimum Gasteiger partial charge on any atom is -0.475 e. The lowest BCUT2D eigenvalue weighted by Gasteiger charge is -1.97. The summed E-state index contributed by atoms with van der Waals surface area (Å²) in [5.41, 5.74) is 0. The second-order valence-corrected chi connectivity index (χ2v) is 3.16. The zero-order chi connectivity index (χ0) is 11.5. The fraction of sp³-hybridized carbons (Fsp3) is 0.222. The Hall–Kier alpha value is -2.31. The summed E-state index contributed by atoms with van der Waals surface area (Å²) in [6, 6.07) is 2.93. The van der Waals surface area contributed by atoms with Gasteiger partial charge in [-0.2, -0.15) is 5.10 Å². The maximum atomic E-state index is 10.5. The Balaban J connectivity index is 1.97. The molecule has 0 aliphatic heterocycles. The van der Waals surface area contributed by atoms with Crippen molar-refractivity contribution in [2.45, 2.75) is 6.54 Å². The fourth-order valence-corrected chi connectivity index (χ4v) is 1.18. The first-order valence-electron chi connectivity index (χ1n) is 4.56. The highest BCUT2D eigenvalue weighted by atomic mass is 16.4. The molecule has 0 fully saturated rings. The summed E-state index contributed by atoms with van der Waals surface area (Å²) >= 11 is 0. The lowest BCUT2D eigenvalue weighted by Crippen LogP contribution is -2.01. The molecule has 84 valence electrons. The highest BCUT2D eigenvalue weighted by Crippen LogP contribution is 2.13. The van der Waals surface area contributed by atoms with Gasteiger partial charge in [-0.3, -0.25) is 4.68 Å². The summed E-state index contributed by atoms with van der Waals surface area (Å²) < 4.78 is 6.59. The molecule has 2 aromatic rings. The van der Waals surface area contributed by atoms with Crippen molar-refractivity contribution < 1.29 is 14.3 Å². The molecule has 2 aromatic heterocycles. The highest BCUT2D eigenvalue weighted by molar-refractivity contribution is 5.84. The largest absolute Gasteiger partial charge is 0.475 e. The molecule has 0 radical (unpaired) electrons. The minimum absolute atomic E-state index is 0.100. The Kier molecular flexibility index (Phi) is 2.59. The van der Waals surface area contributed by atoms with Gasteiger partial charge in [-0.1, -0.05) is 0 Å². The zero-order valence-electron chi connectivity index (χ0n) is 8.54. The Morgan fingerprint density at radius 2 is 2.44 bits per heavy atom. The molecule has 7 nitrogen and oxygen atoms in total. The van der Waals surface area contributed by atoms with Gasteiger partial charge < -0.3 is 14.8 Å². The highest BCUT2D eigenvalue weighted by Gasteiger charge is 2.08. The van der Waals surface area contributed by atoms with Gasteiger partial charge in [0.2, 0.25) is 5.76 Å². The lowest BCUT2D eigenvalue weighted by atomic mass is 10.4. The van der Waals surface area contributed by atoms with Crippen molar-refractivity contribution >= 4 is 11.9 Å². The maximum absolute atomic E-state index is 10.5. The van der Waals surface area contributed by atoms with Gasteiger partial charge in [0.15, 0.2) is 11.7 Å². The van der Waals surface area contributed by atoms with Crippen molar-refractivity contribution in [3.8, 4) is 0 Å². The molecule has 0 unspecified atom stereocenters.